The van der Waals surface area contributed by atoms with Crippen LogP contribution in [0.4, 0.5) is 0 Å². The van der Waals surface area contributed by atoms with Gasteiger partial charge in [-0.05, 0) is 42.5 Å². The second kappa shape index (κ2) is 5.32. The van der Waals surface area contributed by atoms with Crippen molar-refractivity contribution < 1.29 is 9.47 Å². The minimum Gasteiger partial charge on any atom is -0.491 e. The van der Waals surface area contributed by atoms with Gasteiger partial charge in [0, 0.05) is 13.2 Å². The summed E-state index contributed by atoms with van der Waals surface area (Å²) in [7, 11) is 1.67. The summed E-state index contributed by atoms with van der Waals surface area (Å²) in [5.74, 6) is 0.896. The van der Waals surface area contributed by atoms with Gasteiger partial charge in [0.05, 0.1) is 6.61 Å². The van der Waals surface area contributed by atoms with Crippen molar-refractivity contribution >= 4 is 0 Å². The third-order valence-electron chi connectivity index (χ3n) is 3.03. The summed E-state index contributed by atoms with van der Waals surface area (Å²) in [5, 5.41) is 0. The van der Waals surface area contributed by atoms with E-state index in [0.717, 1.165) is 18.6 Å². The molecular formula is C13H19NO2. The minimum atomic E-state index is 0.176. The van der Waals surface area contributed by atoms with Crippen LogP contribution >= 0.6 is 0 Å². The molecule has 1 aliphatic carbocycles. The van der Waals surface area contributed by atoms with Gasteiger partial charge in [0.2, 0.25) is 0 Å². The van der Waals surface area contributed by atoms with Crippen molar-refractivity contribution in [3.63, 3.8) is 0 Å². The molecule has 0 spiro atoms. The van der Waals surface area contributed by atoms with Gasteiger partial charge in [-0.1, -0.05) is 6.07 Å². The molecule has 0 fully saturated rings. The molecule has 16 heavy (non-hydrogen) atoms. The highest BCUT2D eigenvalue weighted by atomic mass is 16.5. The Morgan fingerprint density at radius 2 is 2.25 bits per heavy atom. The average molecular weight is 221 g/mol. The molecule has 3 heteroatoms. The van der Waals surface area contributed by atoms with Gasteiger partial charge in [0.15, 0.2) is 0 Å². The molecule has 3 nitrogen and oxygen atoms in total. The maximum Gasteiger partial charge on any atom is 0.119 e. The van der Waals surface area contributed by atoms with E-state index in [9.17, 15) is 0 Å². The molecule has 1 aliphatic rings. The first-order valence-corrected chi connectivity index (χ1v) is 5.81. The second-order valence-electron chi connectivity index (χ2n) is 4.20. The first-order chi connectivity index (χ1) is 7.81. The summed E-state index contributed by atoms with van der Waals surface area (Å²) in [6, 6.07) is 6.41. The Balaban J connectivity index is 2.08. The summed E-state index contributed by atoms with van der Waals surface area (Å²) >= 11 is 0. The van der Waals surface area contributed by atoms with Crippen LogP contribution in [0.3, 0.4) is 0 Å². The molecule has 0 heterocycles. The van der Waals surface area contributed by atoms with Crippen LogP contribution in [-0.2, 0) is 11.2 Å². The summed E-state index contributed by atoms with van der Waals surface area (Å²) in [6.07, 6.45) is 3.41. The van der Waals surface area contributed by atoms with Crippen LogP contribution < -0.4 is 10.5 Å². The molecule has 2 rings (SSSR count). The van der Waals surface area contributed by atoms with Gasteiger partial charge in [-0.15, -0.1) is 0 Å². The van der Waals surface area contributed by atoms with Crippen molar-refractivity contribution in [1.29, 1.82) is 0 Å². The van der Waals surface area contributed by atoms with E-state index in [0.29, 0.717) is 13.2 Å². The number of rotatable bonds is 4. The standard InChI is InChI=1S/C13H19NO2/c1-15-7-8-16-11-6-5-10-3-2-4-13(14)12(10)9-11/h5-6,9,13H,2-4,7-8,14H2,1H3/t13-/m0/s1. The van der Waals surface area contributed by atoms with Gasteiger partial charge < -0.3 is 15.2 Å². The number of nitrogens with two attached hydrogens (primary N) is 1. The molecule has 0 saturated heterocycles. The normalized spacial score (nSPS) is 19.2. The van der Waals surface area contributed by atoms with Gasteiger partial charge in [-0.2, -0.15) is 0 Å². The Hall–Kier alpha value is -1.06. The van der Waals surface area contributed by atoms with Crippen molar-refractivity contribution in [3.8, 4) is 5.75 Å². The lowest BCUT2D eigenvalue weighted by Gasteiger charge is -2.22. The summed E-state index contributed by atoms with van der Waals surface area (Å²) < 4.78 is 10.5. The Bertz CT molecular complexity index is 352. The highest BCUT2D eigenvalue weighted by Gasteiger charge is 2.16. The fraction of sp³-hybridized carbons (Fsp3) is 0.538. The van der Waals surface area contributed by atoms with E-state index in [1.54, 1.807) is 7.11 Å². The Morgan fingerprint density at radius 3 is 3.06 bits per heavy atom. The topological polar surface area (TPSA) is 44.5 Å². The SMILES string of the molecule is COCCOc1ccc2c(c1)[C@@H](N)CCC2. The van der Waals surface area contributed by atoms with Crippen LogP contribution in [0.15, 0.2) is 18.2 Å². The number of methoxy groups -OCH3 is 1. The molecular weight excluding hydrogens is 202 g/mol. The third-order valence-corrected chi connectivity index (χ3v) is 3.03. The molecule has 0 aromatic heterocycles. The average Bonchev–Trinajstić information content (AvgIpc) is 2.30. The number of fused-ring (bicyclic) bond motifs is 1. The monoisotopic (exact) mass is 221 g/mol. The Kier molecular flexibility index (Phi) is 3.80. The van der Waals surface area contributed by atoms with Crippen LogP contribution in [-0.4, -0.2) is 20.3 Å². The van der Waals surface area contributed by atoms with Crippen LogP contribution in [0, 0.1) is 0 Å². The van der Waals surface area contributed by atoms with Gasteiger partial charge in [-0.3, -0.25) is 0 Å². The molecule has 0 aliphatic heterocycles. The van der Waals surface area contributed by atoms with E-state index < -0.39 is 0 Å². The zero-order chi connectivity index (χ0) is 11.4. The maximum absolute atomic E-state index is 6.09. The lowest BCUT2D eigenvalue weighted by atomic mass is 9.88. The Labute approximate surface area is 96.5 Å². The predicted octanol–water partition coefficient (Wildman–Crippen LogP) is 2.05. The van der Waals surface area contributed by atoms with Gasteiger partial charge in [0.1, 0.15) is 12.4 Å². The van der Waals surface area contributed by atoms with E-state index in [2.05, 4.69) is 12.1 Å². The van der Waals surface area contributed by atoms with Crippen molar-refractivity contribution in [3.05, 3.63) is 29.3 Å². The second-order valence-corrected chi connectivity index (χ2v) is 4.20. The number of benzene rings is 1. The van der Waals surface area contributed by atoms with Crippen molar-refractivity contribution in [1.82, 2.24) is 0 Å². The van der Waals surface area contributed by atoms with Crippen LogP contribution in [0.1, 0.15) is 30.0 Å². The van der Waals surface area contributed by atoms with Crippen molar-refractivity contribution in [2.45, 2.75) is 25.3 Å². The lowest BCUT2D eigenvalue weighted by molar-refractivity contribution is 0.146. The molecule has 1 atom stereocenters. The Morgan fingerprint density at radius 1 is 1.38 bits per heavy atom. The molecule has 0 unspecified atom stereocenters. The maximum atomic E-state index is 6.09. The van der Waals surface area contributed by atoms with E-state index in [-0.39, 0.29) is 6.04 Å². The van der Waals surface area contributed by atoms with Gasteiger partial charge >= 0.3 is 0 Å². The number of aryl methyl sites for hydroxylation is 1. The first kappa shape index (κ1) is 11.4. The molecule has 0 amide bonds. The molecule has 88 valence electrons. The van der Waals surface area contributed by atoms with E-state index in [1.165, 1.54) is 17.5 Å². The first-order valence-electron chi connectivity index (χ1n) is 5.81. The minimum absolute atomic E-state index is 0.176. The van der Waals surface area contributed by atoms with E-state index >= 15 is 0 Å². The molecule has 0 radical (unpaired) electrons. The molecule has 0 saturated carbocycles. The quantitative estimate of drug-likeness (QED) is 0.791. The van der Waals surface area contributed by atoms with E-state index in [4.69, 9.17) is 15.2 Å². The fourth-order valence-corrected chi connectivity index (χ4v) is 2.15. The molecule has 2 N–H and O–H groups in total. The fourth-order valence-electron chi connectivity index (χ4n) is 2.15. The summed E-state index contributed by atoms with van der Waals surface area (Å²) in [5.41, 5.74) is 8.71. The highest BCUT2D eigenvalue weighted by molar-refractivity contribution is 5.39. The van der Waals surface area contributed by atoms with Crippen molar-refractivity contribution in [2.75, 3.05) is 20.3 Å². The van der Waals surface area contributed by atoms with E-state index in [1.807, 2.05) is 6.07 Å². The largest absolute Gasteiger partial charge is 0.491 e. The van der Waals surface area contributed by atoms with Crippen molar-refractivity contribution in [2.24, 2.45) is 5.73 Å². The zero-order valence-corrected chi connectivity index (χ0v) is 9.74. The molecule has 1 aromatic rings. The van der Waals surface area contributed by atoms with Crippen LogP contribution in [0.5, 0.6) is 5.75 Å². The number of ether oxygens (including phenoxy) is 2. The summed E-state index contributed by atoms with van der Waals surface area (Å²) in [4.78, 5) is 0. The summed E-state index contributed by atoms with van der Waals surface area (Å²) in [6.45, 7) is 1.20. The zero-order valence-electron chi connectivity index (χ0n) is 9.74. The van der Waals surface area contributed by atoms with Crippen LogP contribution in [0.2, 0.25) is 0 Å². The molecule has 1 aromatic carbocycles. The van der Waals surface area contributed by atoms with Crippen LogP contribution in [0.25, 0.3) is 0 Å². The molecule has 0 bridgehead atoms. The van der Waals surface area contributed by atoms with Gasteiger partial charge in [0.25, 0.3) is 0 Å². The van der Waals surface area contributed by atoms with Gasteiger partial charge in [-0.25, -0.2) is 0 Å². The smallest absolute Gasteiger partial charge is 0.119 e. The highest BCUT2D eigenvalue weighted by Crippen LogP contribution is 2.30. The number of hydrogen-bond acceptors (Lipinski definition) is 3. The predicted molar refractivity (Wildman–Crippen MR) is 63.7 cm³/mol. The lowest BCUT2D eigenvalue weighted by Crippen LogP contribution is -2.17. The third kappa shape index (κ3) is 2.54. The number of hydrogen-bond donors (Lipinski definition) is 1.